The van der Waals surface area contributed by atoms with Gasteiger partial charge in [-0.1, -0.05) is 48.0 Å². The van der Waals surface area contributed by atoms with Gasteiger partial charge in [0.1, 0.15) is 5.75 Å². The zero-order valence-electron chi connectivity index (χ0n) is 15.9. The van der Waals surface area contributed by atoms with Gasteiger partial charge >= 0.3 is 0 Å². The lowest BCUT2D eigenvalue weighted by Gasteiger charge is -2.11. The van der Waals surface area contributed by atoms with E-state index in [1.54, 1.807) is 43.5 Å². The number of benzene rings is 3. The van der Waals surface area contributed by atoms with Gasteiger partial charge in [0.2, 0.25) is 0 Å². The van der Waals surface area contributed by atoms with E-state index in [0.717, 1.165) is 5.56 Å². The van der Waals surface area contributed by atoms with Crippen molar-refractivity contribution in [2.75, 3.05) is 12.4 Å². The number of carbonyl (C=O) groups excluding carboxylic acids is 2. The van der Waals surface area contributed by atoms with Crippen molar-refractivity contribution in [2.24, 2.45) is 0 Å². The summed E-state index contributed by atoms with van der Waals surface area (Å²) in [6.45, 7) is 2.45. The Bertz CT molecular complexity index is 981. The average Bonchev–Trinajstić information content (AvgIpc) is 2.73. The molecule has 0 bridgehead atoms. The van der Waals surface area contributed by atoms with Crippen LogP contribution in [0.5, 0.6) is 5.75 Å². The highest BCUT2D eigenvalue weighted by Crippen LogP contribution is 2.23. The van der Waals surface area contributed by atoms with Gasteiger partial charge in [-0.05, 0) is 42.8 Å². The van der Waals surface area contributed by atoms with Crippen LogP contribution in [0.15, 0.2) is 72.8 Å². The quantitative estimate of drug-likeness (QED) is 0.680. The van der Waals surface area contributed by atoms with Gasteiger partial charge in [0.15, 0.2) is 0 Å². The van der Waals surface area contributed by atoms with Crippen molar-refractivity contribution < 1.29 is 14.3 Å². The van der Waals surface area contributed by atoms with Crippen molar-refractivity contribution in [3.05, 3.63) is 95.1 Å². The third-order valence-corrected chi connectivity index (χ3v) is 4.32. The number of nitrogens with one attached hydrogen (secondary N) is 2. The fourth-order valence-corrected chi connectivity index (χ4v) is 2.73. The number of methoxy groups -OCH3 is 1. The second kappa shape index (κ2) is 8.86. The Kier molecular flexibility index (Phi) is 6.07. The molecule has 2 N–H and O–H groups in total. The molecule has 0 saturated heterocycles. The first-order chi connectivity index (χ1) is 13.6. The van der Waals surface area contributed by atoms with Gasteiger partial charge in [0.05, 0.1) is 12.8 Å². The Balaban J connectivity index is 1.68. The molecule has 0 heterocycles. The van der Waals surface area contributed by atoms with E-state index in [0.29, 0.717) is 29.1 Å². The Labute approximate surface area is 164 Å². The van der Waals surface area contributed by atoms with Crippen molar-refractivity contribution in [1.29, 1.82) is 0 Å². The summed E-state index contributed by atoms with van der Waals surface area (Å²) >= 11 is 0. The van der Waals surface area contributed by atoms with Crippen LogP contribution >= 0.6 is 0 Å². The van der Waals surface area contributed by atoms with E-state index in [1.165, 1.54) is 5.56 Å². The molecule has 0 unspecified atom stereocenters. The first-order valence-electron chi connectivity index (χ1n) is 8.95. The third-order valence-electron chi connectivity index (χ3n) is 4.32. The Morgan fingerprint density at radius 3 is 2.25 bits per heavy atom. The molecule has 3 aromatic rings. The highest BCUT2D eigenvalue weighted by atomic mass is 16.5. The number of aryl methyl sites for hydroxylation is 1. The van der Waals surface area contributed by atoms with Gasteiger partial charge in [-0.15, -0.1) is 0 Å². The van der Waals surface area contributed by atoms with Crippen LogP contribution in [0.3, 0.4) is 0 Å². The van der Waals surface area contributed by atoms with E-state index in [2.05, 4.69) is 10.6 Å². The molecule has 0 aliphatic carbocycles. The number of anilines is 1. The van der Waals surface area contributed by atoms with Gasteiger partial charge in [-0.2, -0.15) is 0 Å². The van der Waals surface area contributed by atoms with Crippen LogP contribution in [0, 0.1) is 6.92 Å². The van der Waals surface area contributed by atoms with Crippen LogP contribution in [-0.4, -0.2) is 18.9 Å². The standard InChI is InChI=1S/C23H22N2O3/c1-16-10-12-17(13-11-16)15-24-22(26)18-6-5-7-19(14-18)23(27)25-20-8-3-4-9-21(20)28-2/h3-14H,15H2,1-2H3,(H,24,26)(H,25,27). The summed E-state index contributed by atoms with van der Waals surface area (Å²) in [5.41, 5.74) is 3.59. The van der Waals surface area contributed by atoms with E-state index in [4.69, 9.17) is 4.74 Å². The predicted octanol–water partition coefficient (Wildman–Crippen LogP) is 4.19. The molecule has 5 nitrogen and oxygen atoms in total. The number of amides is 2. The van der Waals surface area contributed by atoms with Crippen molar-refractivity contribution >= 4 is 17.5 Å². The van der Waals surface area contributed by atoms with Crippen LogP contribution < -0.4 is 15.4 Å². The minimum atomic E-state index is -0.308. The highest BCUT2D eigenvalue weighted by Gasteiger charge is 2.12. The molecule has 142 valence electrons. The lowest BCUT2D eigenvalue weighted by molar-refractivity contribution is 0.0951. The monoisotopic (exact) mass is 374 g/mol. The molecule has 0 radical (unpaired) electrons. The lowest BCUT2D eigenvalue weighted by atomic mass is 10.1. The van der Waals surface area contributed by atoms with E-state index in [1.807, 2.05) is 43.3 Å². The van der Waals surface area contributed by atoms with Gasteiger partial charge in [-0.3, -0.25) is 9.59 Å². The van der Waals surface area contributed by atoms with Crippen molar-refractivity contribution in [1.82, 2.24) is 5.32 Å². The zero-order chi connectivity index (χ0) is 19.9. The number of hydrogen-bond acceptors (Lipinski definition) is 3. The van der Waals surface area contributed by atoms with Gasteiger partial charge in [-0.25, -0.2) is 0 Å². The average molecular weight is 374 g/mol. The smallest absolute Gasteiger partial charge is 0.255 e. The first-order valence-corrected chi connectivity index (χ1v) is 8.95. The van der Waals surface area contributed by atoms with E-state index in [-0.39, 0.29) is 11.8 Å². The molecule has 0 saturated carbocycles. The first kappa shape index (κ1) is 19.2. The Hall–Kier alpha value is -3.60. The molecule has 3 rings (SSSR count). The molecular formula is C23H22N2O3. The summed E-state index contributed by atoms with van der Waals surface area (Å²) in [5, 5.41) is 5.69. The summed E-state index contributed by atoms with van der Waals surface area (Å²) in [6, 6.07) is 21.8. The maximum absolute atomic E-state index is 12.6. The summed E-state index contributed by atoms with van der Waals surface area (Å²) in [5.74, 6) is 0.0352. The van der Waals surface area contributed by atoms with Crippen LogP contribution in [-0.2, 0) is 6.54 Å². The van der Waals surface area contributed by atoms with E-state index in [9.17, 15) is 9.59 Å². The number of para-hydroxylation sites is 2. The molecule has 5 heteroatoms. The zero-order valence-corrected chi connectivity index (χ0v) is 15.9. The maximum atomic E-state index is 12.6. The van der Waals surface area contributed by atoms with Crippen molar-refractivity contribution in [3.8, 4) is 5.75 Å². The van der Waals surface area contributed by atoms with Crippen molar-refractivity contribution in [2.45, 2.75) is 13.5 Å². The molecule has 0 fully saturated rings. The van der Waals surface area contributed by atoms with Crippen molar-refractivity contribution in [3.63, 3.8) is 0 Å². The van der Waals surface area contributed by atoms with Gasteiger partial charge < -0.3 is 15.4 Å². The fourth-order valence-electron chi connectivity index (χ4n) is 2.73. The van der Waals surface area contributed by atoms with E-state index < -0.39 is 0 Å². The minimum absolute atomic E-state index is 0.229. The summed E-state index contributed by atoms with van der Waals surface area (Å²) in [7, 11) is 1.55. The molecule has 0 spiro atoms. The maximum Gasteiger partial charge on any atom is 0.255 e. The second-order valence-corrected chi connectivity index (χ2v) is 6.40. The highest BCUT2D eigenvalue weighted by molar-refractivity contribution is 6.06. The fraction of sp³-hybridized carbons (Fsp3) is 0.130. The van der Waals surface area contributed by atoms with Crippen LogP contribution in [0.2, 0.25) is 0 Å². The molecule has 0 aliphatic heterocycles. The van der Waals surface area contributed by atoms with Crippen LogP contribution in [0.25, 0.3) is 0 Å². The molecule has 0 aromatic heterocycles. The van der Waals surface area contributed by atoms with Crippen LogP contribution in [0.1, 0.15) is 31.8 Å². The number of carbonyl (C=O) groups is 2. The second-order valence-electron chi connectivity index (χ2n) is 6.40. The van der Waals surface area contributed by atoms with E-state index >= 15 is 0 Å². The Morgan fingerprint density at radius 2 is 1.54 bits per heavy atom. The van der Waals surface area contributed by atoms with Crippen LogP contribution in [0.4, 0.5) is 5.69 Å². The number of hydrogen-bond donors (Lipinski definition) is 2. The molecule has 3 aromatic carbocycles. The SMILES string of the molecule is COc1ccccc1NC(=O)c1cccc(C(=O)NCc2ccc(C)cc2)c1. The number of ether oxygens (including phenoxy) is 1. The summed E-state index contributed by atoms with van der Waals surface area (Å²) in [6.07, 6.45) is 0. The summed E-state index contributed by atoms with van der Waals surface area (Å²) < 4.78 is 5.25. The van der Waals surface area contributed by atoms with Gasteiger partial charge in [0.25, 0.3) is 11.8 Å². The predicted molar refractivity (Wildman–Crippen MR) is 110 cm³/mol. The lowest BCUT2D eigenvalue weighted by Crippen LogP contribution is -2.23. The molecule has 0 aliphatic rings. The molecule has 2 amide bonds. The summed E-state index contributed by atoms with van der Waals surface area (Å²) in [4.78, 5) is 25.0. The number of rotatable bonds is 6. The topological polar surface area (TPSA) is 67.4 Å². The Morgan fingerprint density at radius 1 is 0.857 bits per heavy atom. The van der Waals surface area contributed by atoms with Gasteiger partial charge in [0, 0.05) is 17.7 Å². The molecular weight excluding hydrogens is 352 g/mol. The molecule has 28 heavy (non-hydrogen) atoms. The minimum Gasteiger partial charge on any atom is -0.495 e. The third kappa shape index (κ3) is 4.76. The normalized spacial score (nSPS) is 10.2. The largest absolute Gasteiger partial charge is 0.495 e. The molecule has 0 atom stereocenters.